The lowest BCUT2D eigenvalue weighted by atomic mass is 10.0. The Kier molecular flexibility index (Phi) is 3.30. The SMILES string of the molecule is Cc1cc(F)ccc1-c1cncc(CNC2CC2)c1. The van der Waals surface area contributed by atoms with Crippen LogP contribution in [0.2, 0.25) is 0 Å². The summed E-state index contributed by atoms with van der Waals surface area (Å²) in [5, 5.41) is 3.48. The maximum atomic E-state index is 13.1. The van der Waals surface area contributed by atoms with Crippen LogP contribution in [0.3, 0.4) is 0 Å². The van der Waals surface area contributed by atoms with Crippen molar-refractivity contribution in [1.29, 1.82) is 0 Å². The van der Waals surface area contributed by atoms with E-state index in [1.165, 1.54) is 24.5 Å². The van der Waals surface area contributed by atoms with E-state index in [4.69, 9.17) is 0 Å². The van der Waals surface area contributed by atoms with Crippen LogP contribution in [0.25, 0.3) is 11.1 Å². The monoisotopic (exact) mass is 256 g/mol. The predicted octanol–water partition coefficient (Wildman–Crippen LogP) is 3.45. The number of benzene rings is 1. The highest BCUT2D eigenvalue weighted by Crippen LogP contribution is 2.24. The van der Waals surface area contributed by atoms with Gasteiger partial charge in [-0.3, -0.25) is 4.98 Å². The van der Waals surface area contributed by atoms with E-state index in [1.807, 2.05) is 25.4 Å². The molecule has 19 heavy (non-hydrogen) atoms. The molecule has 1 aromatic carbocycles. The van der Waals surface area contributed by atoms with E-state index in [0.29, 0.717) is 6.04 Å². The fourth-order valence-corrected chi connectivity index (χ4v) is 2.23. The van der Waals surface area contributed by atoms with Crippen molar-refractivity contribution in [1.82, 2.24) is 10.3 Å². The van der Waals surface area contributed by atoms with Gasteiger partial charge in [0.15, 0.2) is 0 Å². The van der Waals surface area contributed by atoms with Crippen molar-refractivity contribution in [2.75, 3.05) is 0 Å². The molecule has 1 saturated carbocycles. The van der Waals surface area contributed by atoms with Crippen LogP contribution in [0.5, 0.6) is 0 Å². The normalized spacial score (nSPS) is 14.6. The van der Waals surface area contributed by atoms with Crippen LogP contribution in [0.1, 0.15) is 24.0 Å². The lowest BCUT2D eigenvalue weighted by Crippen LogP contribution is -2.15. The molecule has 1 aromatic heterocycles. The van der Waals surface area contributed by atoms with Gasteiger partial charge in [-0.2, -0.15) is 0 Å². The van der Waals surface area contributed by atoms with Gasteiger partial charge in [-0.25, -0.2) is 4.39 Å². The summed E-state index contributed by atoms with van der Waals surface area (Å²) >= 11 is 0. The number of hydrogen-bond acceptors (Lipinski definition) is 2. The van der Waals surface area contributed by atoms with Gasteiger partial charge in [-0.05, 0) is 54.7 Å². The Morgan fingerprint density at radius 3 is 2.84 bits per heavy atom. The molecule has 0 unspecified atom stereocenters. The molecule has 0 saturated heterocycles. The van der Waals surface area contributed by atoms with Gasteiger partial charge in [-0.1, -0.05) is 6.07 Å². The summed E-state index contributed by atoms with van der Waals surface area (Å²) in [6, 6.07) is 7.70. The lowest BCUT2D eigenvalue weighted by molar-refractivity contribution is 0.627. The number of hydrogen-bond donors (Lipinski definition) is 1. The van der Waals surface area contributed by atoms with Gasteiger partial charge in [0.2, 0.25) is 0 Å². The Bertz CT molecular complexity index is 591. The van der Waals surface area contributed by atoms with Crippen LogP contribution in [-0.4, -0.2) is 11.0 Å². The number of aromatic nitrogens is 1. The second kappa shape index (κ2) is 5.10. The average Bonchev–Trinajstić information content (AvgIpc) is 3.21. The van der Waals surface area contributed by atoms with Gasteiger partial charge in [0.05, 0.1) is 0 Å². The Labute approximate surface area is 112 Å². The Balaban J connectivity index is 1.84. The first-order valence-electron chi connectivity index (χ1n) is 6.66. The largest absolute Gasteiger partial charge is 0.310 e. The van der Waals surface area contributed by atoms with Gasteiger partial charge < -0.3 is 5.32 Å². The quantitative estimate of drug-likeness (QED) is 0.906. The van der Waals surface area contributed by atoms with Gasteiger partial charge in [0.1, 0.15) is 5.82 Å². The Hall–Kier alpha value is -1.74. The number of nitrogens with zero attached hydrogens (tertiary/aromatic N) is 1. The van der Waals surface area contributed by atoms with Crippen molar-refractivity contribution in [3.8, 4) is 11.1 Å². The predicted molar refractivity (Wildman–Crippen MR) is 74.2 cm³/mol. The topological polar surface area (TPSA) is 24.9 Å². The van der Waals surface area contributed by atoms with Crippen LogP contribution < -0.4 is 5.32 Å². The smallest absolute Gasteiger partial charge is 0.123 e. The summed E-state index contributed by atoms with van der Waals surface area (Å²) in [5.74, 6) is -0.194. The van der Waals surface area contributed by atoms with Crippen molar-refractivity contribution in [2.45, 2.75) is 32.4 Å². The number of halogens is 1. The fraction of sp³-hybridized carbons (Fsp3) is 0.312. The first-order chi connectivity index (χ1) is 9.22. The summed E-state index contributed by atoms with van der Waals surface area (Å²) in [4.78, 5) is 4.29. The summed E-state index contributed by atoms with van der Waals surface area (Å²) in [7, 11) is 0. The van der Waals surface area contributed by atoms with Crippen LogP contribution in [0.15, 0.2) is 36.7 Å². The molecular weight excluding hydrogens is 239 g/mol. The molecule has 1 heterocycles. The highest BCUT2D eigenvalue weighted by Gasteiger charge is 2.20. The number of nitrogens with one attached hydrogen (secondary N) is 1. The minimum absolute atomic E-state index is 0.194. The fourth-order valence-electron chi connectivity index (χ4n) is 2.23. The highest BCUT2D eigenvalue weighted by atomic mass is 19.1. The zero-order chi connectivity index (χ0) is 13.2. The van der Waals surface area contributed by atoms with Crippen LogP contribution in [0, 0.1) is 12.7 Å². The molecule has 0 aliphatic heterocycles. The summed E-state index contributed by atoms with van der Waals surface area (Å²) in [6.45, 7) is 2.78. The zero-order valence-electron chi connectivity index (χ0n) is 11.0. The summed E-state index contributed by atoms with van der Waals surface area (Å²) < 4.78 is 13.1. The van der Waals surface area contributed by atoms with Crippen LogP contribution in [0.4, 0.5) is 4.39 Å². The molecule has 98 valence electrons. The molecule has 1 N–H and O–H groups in total. The standard InChI is InChI=1S/C16H17FN2/c1-11-6-14(17)2-5-16(11)13-7-12(8-18-10-13)9-19-15-3-4-15/h2,5-8,10,15,19H,3-4,9H2,1H3. The van der Waals surface area contributed by atoms with Crippen molar-refractivity contribution in [3.63, 3.8) is 0 Å². The molecule has 2 aromatic rings. The maximum absolute atomic E-state index is 13.1. The zero-order valence-corrected chi connectivity index (χ0v) is 11.0. The van der Waals surface area contributed by atoms with Gasteiger partial charge >= 0.3 is 0 Å². The number of rotatable bonds is 4. The number of pyridine rings is 1. The van der Waals surface area contributed by atoms with Crippen molar-refractivity contribution < 1.29 is 4.39 Å². The van der Waals surface area contributed by atoms with E-state index in [1.54, 1.807) is 6.07 Å². The van der Waals surface area contributed by atoms with E-state index >= 15 is 0 Å². The first-order valence-corrected chi connectivity index (χ1v) is 6.66. The summed E-state index contributed by atoms with van der Waals surface area (Å²) in [5.41, 5.74) is 4.21. The van der Waals surface area contributed by atoms with Gasteiger partial charge in [0, 0.05) is 30.5 Å². The molecule has 1 fully saturated rings. The molecule has 1 aliphatic carbocycles. The lowest BCUT2D eigenvalue weighted by Gasteiger charge is -2.08. The highest BCUT2D eigenvalue weighted by molar-refractivity contribution is 5.66. The van der Waals surface area contributed by atoms with E-state index in [-0.39, 0.29) is 5.82 Å². The van der Waals surface area contributed by atoms with Gasteiger partial charge in [-0.15, -0.1) is 0 Å². The molecule has 3 heteroatoms. The van der Waals surface area contributed by atoms with E-state index < -0.39 is 0 Å². The third-order valence-corrected chi connectivity index (χ3v) is 3.47. The third-order valence-electron chi connectivity index (χ3n) is 3.47. The van der Waals surface area contributed by atoms with Crippen molar-refractivity contribution >= 4 is 0 Å². The molecule has 1 aliphatic rings. The van der Waals surface area contributed by atoms with Crippen molar-refractivity contribution in [2.24, 2.45) is 0 Å². The molecule has 0 spiro atoms. The first kappa shape index (κ1) is 12.3. The molecule has 0 atom stereocenters. The molecule has 0 bridgehead atoms. The van der Waals surface area contributed by atoms with E-state index in [0.717, 1.165) is 23.2 Å². The average molecular weight is 256 g/mol. The molecule has 0 amide bonds. The minimum atomic E-state index is -0.194. The molecule has 3 rings (SSSR count). The Morgan fingerprint density at radius 1 is 1.26 bits per heavy atom. The summed E-state index contributed by atoms with van der Waals surface area (Å²) in [6.07, 6.45) is 6.28. The minimum Gasteiger partial charge on any atom is -0.310 e. The third kappa shape index (κ3) is 2.99. The van der Waals surface area contributed by atoms with Crippen LogP contribution in [-0.2, 0) is 6.54 Å². The number of aryl methyl sites for hydroxylation is 1. The van der Waals surface area contributed by atoms with E-state index in [2.05, 4.69) is 16.4 Å². The maximum Gasteiger partial charge on any atom is 0.123 e. The second-order valence-corrected chi connectivity index (χ2v) is 5.20. The second-order valence-electron chi connectivity index (χ2n) is 5.20. The molecular formula is C16H17FN2. The Morgan fingerprint density at radius 2 is 2.11 bits per heavy atom. The van der Waals surface area contributed by atoms with Gasteiger partial charge in [0.25, 0.3) is 0 Å². The molecule has 2 nitrogen and oxygen atoms in total. The van der Waals surface area contributed by atoms with Crippen molar-refractivity contribution in [3.05, 3.63) is 53.6 Å². The molecule has 0 radical (unpaired) electrons. The van der Waals surface area contributed by atoms with E-state index in [9.17, 15) is 4.39 Å². The van der Waals surface area contributed by atoms with Crippen LogP contribution >= 0.6 is 0 Å².